The molecule has 1 atom stereocenters. The Hall–Kier alpha value is -1.92. The Morgan fingerprint density at radius 2 is 2.27 bits per heavy atom. The van der Waals surface area contributed by atoms with E-state index in [0.717, 1.165) is 12.1 Å². The summed E-state index contributed by atoms with van der Waals surface area (Å²) in [4.78, 5) is 12.3. The molecule has 0 bridgehead atoms. The van der Waals surface area contributed by atoms with Crippen LogP contribution in [-0.4, -0.2) is 38.7 Å². The molecule has 2 rings (SSSR count). The summed E-state index contributed by atoms with van der Waals surface area (Å²) >= 11 is 5.97. The van der Waals surface area contributed by atoms with Crippen molar-refractivity contribution >= 4 is 17.5 Å². The molecule has 1 amide bonds. The molecule has 2 aromatic rings. The van der Waals surface area contributed by atoms with Gasteiger partial charge >= 0.3 is 0 Å². The van der Waals surface area contributed by atoms with Gasteiger partial charge in [-0.15, -0.1) is 5.10 Å². The predicted octanol–water partition coefficient (Wildman–Crippen LogP) is 2.12. The number of aromatic nitrogens is 3. The molecule has 1 aromatic carbocycles. The number of halogens is 1. The van der Waals surface area contributed by atoms with E-state index in [4.69, 9.17) is 16.7 Å². The van der Waals surface area contributed by atoms with Crippen LogP contribution >= 0.6 is 11.6 Å². The van der Waals surface area contributed by atoms with Crippen LogP contribution in [0.25, 0.3) is 5.69 Å². The maximum absolute atomic E-state index is 12.3. The molecular formula is C15H19ClN4O2. The Morgan fingerprint density at radius 3 is 2.91 bits per heavy atom. The first-order valence-corrected chi connectivity index (χ1v) is 7.54. The summed E-state index contributed by atoms with van der Waals surface area (Å²) in [6.45, 7) is 3.77. The zero-order chi connectivity index (χ0) is 16.1. The molecule has 0 radical (unpaired) electrons. The average Bonchev–Trinajstić information content (AvgIpc) is 2.88. The van der Waals surface area contributed by atoms with Gasteiger partial charge in [0.15, 0.2) is 5.69 Å². The molecule has 1 unspecified atom stereocenters. The Labute approximate surface area is 134 Å². The van der Waals surface area contributed by atoms with Gasteiger partial charge in [0.05, 0.1) is 11.4 Å². The summed E-state index contributed by atoms with van der Waals surface area (Å²) in [5.74, 6) is -0.286. The number of hydrogen-bond acceptors (Lipinski definition) is 4. The highest BCUT2D eigenvalue weighted by molar-refractivity contribution is 6.30. The summed E-state index contributed by atoms with van der Waals surface area (Å²) in [5.41, 5.74) is 1.66. The first kappa shape index (κ1) is 16.5. The topological polar surface area (TPSA) is 80.0 Å². The second-order valence-electron chi connectivity index (χ2n) is 5.01. The molecule has 0 aliphatic carbocycles. The molecule has 2 N–H and O–H groups in total. The van der Waals surface area contributed by atoms with Crippen LogP contribution < -0.4 is 5.32 Å². The van der Waals surface area contributed by atoms with Gasteiger partial charge in [0, 0.05) is 17.7 Å². The van der Waals surface area contributed by atoms with E-state index in [1.54, 1.807) is 23.7 Å². The molecule has 6 nitrogen and oxygen atoms in total. The standard InChI is InChI=1S/C15H19ClN4O2/c1-3-12(7-8-21)17-15(22)14-10(2)20(19-18-14)13-6-4-5-11(16)9-13/h4-6,9,12,21H,3,7-8H2,1-2H3,(H,17,22). The van der Waals surface area contributed by atoms with Crippen molar-refractivity contribution in [2.24, 2.45) is 0 Å². The lowest BCUT2D eigenvalue weighted by atomic mass is 10.1. The van der Waals surface area contributed by atoms with Crippen molar-refractivity contribution in [3.05, 3.63) is 40.7 Å². The van der Waals surface area contributed by atoms with Crippen LogP contribution in [0.4, 0.5) is 0 Å². The van der Waals surface area contributed by atoms with Crippen molar-refractivity contribution < 1.29 is 9.90 Å². The maximum Gasteiger partial charge on any atom is 0.273 e. The van der Waals surface area contributed by atoms with E-state index in [0.29, 0.717) is 17.1 Å². The molecule has 0 aliphatic heterocycles. The minimum Gasteiger partial charge on any atom is -0.396 e. The van der Waals surface area contributed by atoms with E-state index in [1.165, 1.54) is 0 Å². The van der Waals surface area contributed by atoms with Gasteiger partial charge in [0.2, 0.25) is 0 Å². The van der Waals surface area contributed by atoms with Crippen molar-refractivity contribution in [2.45, 2.75) is 32.7 Å². The number of benzene rings is 1. The van der Waals surface area contributed by atoms with Crippen LogP contribution in [0.15, 0.2) is 24.3 Å². The molecular weight excluding hydrogens is 304 g/mol. The summed E-state index contributed by atoms with van der Waals surface area (Å²) in [5, 5.41) is 20.4. The number of carbonyl (C=O) groups is 1. The van der Waals surface area contributed by atoms with Crippen molar-refractivity contribution in [3.8, 4) is 5.69 Å². The van der Waals surface area contributed by atoms with Crippen molar-refractivity contribution in [1.29, 1.82) is 0 Å². The SMILES string of the molecule is CCC(CCO)NC(=O)c1nnn(-c2cccc(Cl)c2)c1C. The maximum atomic E-state index is 12.3. The molecule has 1 heterocycles. The van der Waals surface area contributed by atoms with Crippen molar-refractivity contribution in [2.75, 3.05) is 6.61 Å². The fourth-order valence-electron chi connectivity index (χ4n) is 2.18. The van der Waals surface area contributed by atoms with E-state index in [1.807, 2.05) is 19.1 Å². The van der Waals surface area contributed by atoms with Gasteiger partial charge in [-0.3, -0.25) is 4.79 Å². The quantitative estimate of drug-likeness (QED) is 0.853. The zero-order valence-electron chi connectivity index (χ0n) is 12.6. The average molecular weight is 323 g/mol. The number of nitrogens with zero attached hydrogens (tertiary/aromatic N) is 3. The normalized spacial score (nSPS) is 12.2. The second-order valence-corrected chi connectivity index (χ2v) is 5.44. The zero-order valence-corrected chi connectivity index (χ0v) is 13.3. The molecule has 0 saturated heterocycles. The number of rotatable bonds is 6. The van der Waals surface area contributed by atoms with Crippen LogP contribution in [0, 0.1) is 6.92 Å². The van der Waals surface area contributed by atoms with Crippen LogP contribution in [0.5, 0.6) is 0 Å². The summed E-state index contributed by atoms with van der Waals surface area (Å²) in [6.07, 6.45) is 1.26. The third-order valence-electron chi connectivity index (χ3n) is 3.47. The van der Waals surface area contributed by atoms with Crippen molar-refractivity contribution in [1.82, 2.24) is 20.3 Å². The van der Waals surface area contributed by atoms with Gasteiger partial charge in [-0.05, 0) is 38.0 Å². The number of nitrogens with one attached hydrogen (secondary N) is 1. The van der Waals surface area contributed by atoms with E-state index in [9.17, 15) is 4.79 Å². The minimum atomic E-state index is -0.286. The third-order valence-corrected chi connectivity index (χ3v) is 3.70. The highest BCUT2D eigenvalue weighted by Crippen LogP contribution is 2.17. The van der Waals surface area contributed by atoms with Crippen LogP contribution in [-0.2, 0) is 0 Å². The summed E-state index contributed by atoms with van der Waals surface area (Å²) in [7, 11) is 0. The summed E-state index contributed by atoms with van der Waals surface area (Å²) in [6, 6.07) is 7.10. The first-order valence-electron chi connectivity index (χ1n) is 7.16. The van der Waals surface area contributed by atoms with Gasteiger partial charge in [-0.2, -0.15) is 0 Å². The minimum absolute atomic E-state index is 0.0347. The second kappa shape index (κ2) is 7.38. The fraction of sp³-hybridized carbons (Fsp3) is 0.400. The van der Waals surface area contributed by atoms with E-state index < -0.39 is 0 Å². The number of aliphatic hydroxyl groups excluding tert-OH is 1. The summed E-state index contributed by atoms with van der Waals surface area (Å²) < 4.78 is 1.58. The lowest BCUT2D eigenvalue weighted by Gasteiger charge is -2.14. The predicted molar refractivity (Wildman–Crippen MR) is 84.4 cm³/mol. The molecule has 0 aliphatic rings. The van der Waals surface area contributed by atoms with Gasteiger partial charge in [-0.25, -0.2) is 4.68 Å². The molecule has 0 saturated carbocycles. The molecule has 7 heteroatoms. The van der Waals surface area contributed by atoms with Gasteiger partial charge in [0.1, 0.15) is 0 Å². The van der Waals surface area contributed by atoms with E-state index in [-0.39, 0.29) is 24.2 Å². The Bertz CT molecular complexity index is 657. The monoisotopic (exact) mass is 322 g/mol. The molecule has 0 fully saturated rings. The fourth-order valence-corrected chi connectivity index (χ4v) is 2.36. The number of carbonyl (C=O) groups excluding carboxylic acids is 1. The largest absolute Gasteiger partial charge is 0.396 e. The Balaban J connectivity index is 2.22. The van der Waals surface area contributed by atoms with Gasteiger partial charge < -0.3 is 10.4 Å². The molecule has 22 heavy (non-hydrogen) atoms. The highest BCUT2D eigenvalue weighted by Gasteiger charge is 2.19. The van der Waals surface area contributed by atoms with Gasteiger partial charge in [-0.1, -0.05) is 29.8 Å². The molecule has 0 spiro atoms. The van der Waals surface area contributed by atoms with Crippen LogP contribution in [0.1, 0.15) is 35.9 Å². The highest BCUT2D eigenvalue weighted by atomic mass is 35.5. The number of hydrogen-bond donors (Lipinski definition) is 2. The van der Waals surface area contributed by atoms with Crippen LogP contribution in [0.3, 0.4) is 0 Å². The first-order chi connectivity index (χ1) is 10.6. The van der Waals surface area contributed by atoms with E-state index in [2.05, 4.69) is 15.6 Å². The van der Waals surface area contributed by atoms with Crippen molar-refractivity contribution in [3.63, 3.8) is 0 Å². The third kappa shape index (κ3) is 3.64. The smallest absolute Gasteiger partial charge is 0.273 e. The number of amides is 1. The lowest BCUT2D eigenvalue weighted by molar-refractivity contribution is 0.0923. The van der Waals surface area contributed by atoms with Gasteiger partial charge in [0.25, 0.3) is 5.91 Å². The lowest BCUT2D eigenvalue weighted by Crippen LogP contribution is -2.35. The van der Waals surface area contributed by atoms with Crippen LogP contribution in [0.2, 0.25) is 5.02 Å². The van der Waals surface area contributed by atoms with E-state index >= 15 is 0 Å². The molecule has 118 valence electrons. The Kier molecular flexibility index (Phi) is 5.51. The Morgan fingerprint density at radius 1 is 1.50 bits per heavy atom. The number of aliphatic hydroxyl groups is 1. The molecule has 1 aromatic heterocycles.